The van der Waals surface area contributed by atoms with Crippen LogP contribution in [-0.4, -0.2) is 19.1 Å². The third-order valence-corrected chi connectivity index (χ3v) is 1.21. The van der Waals surface area contributed by atoms with Crippen LogP contribution in [0.2, 0.25) is 0 Å². The molecule has 0 bridgehead atoms. The zero-order valence-corrected chi connectivity index (χ0v) is 4.08. The van der Waals surface area contributed by atoms with Gasteiger partial charge in [-0.3, -0.25) is 0 Å². The standard InChI is InChI=1S/C4H9FN2/c5-7-4-1-2-6-3-4/h4,6-7H,1-3H2. The van der Waals surface area contributed by atoms with E-state index in [1.165, 1.54) is 0 Å². The summed E-state index contributed by atoms with van der Waals surface area (Å²) in [5, 5.41) is 3.02. The predicted octanol–water partition coefficient (Wildman–Crippen LogP) is -0.178. The van der Waals surface area contributed by atoms with Gasteiger partial charge in [0.1, 0.15) is 0 Å². The van der Waals surface area contributed by atoms with Gasteiger partial charge in [0.05, 0.1) is 6.04 Å². The molecule has 7 heavy (non-hydrogen) atoms. The minimum atomic E-state index is 0.0694. The fraction of sp³-hybridized carbons (Fsp3) is 1.00. The summed E-state index contributed by atoms with van der Waals surface area (Å²) < 4.78 is 11.4. The summed E-state index contributed by atoms with van der Waals surface area (Å²) in [6.45, 7) is 1.72. The lowest BCUT2D eigenvalue weighted by atomic mass is 10.3. The first-order valence-electron chi connectivity index (χ1n) is 2.50. The van der Waals surface area contributed by atoms with Crippen molar-refractivity contribution in [3.63, 3.8) is 0 Å². The van der Waals surface area contributed by atoms with Gasteiger partial charge in [-0.15, -0.1) is 4.48 Å². The van der Waals surface area contributed by atoms with Crippen molar-refractivity contribution in [1.82, 2.24) is 10.9 Å². The van der Waals surface area contributed by atoms with E-state index in [0.717, 1.165) is 19.5 Å². The molecule has 0 aromatic heterocycles. The fourth-order valence-corrected chi connectivity index (χ4v) is 0.748. The molecule has 0 amide bonds. The van der Waals surface area contributed by atoms with Gasteiger partial charge in [-0.1, -0.05) is 0 Å². The second-order valence-corrected chi connectivity index (χ2v) is 1.80. The minimum absolute atomic E-state index is 0.0694. The SMILES string of the molecule is FNC1CCNC1. The molecule has 1 atom stereocenters. The Morgan fingerprint density at radius 3 is 2.86 bits per heavy atom. The first kappa shape index (κ1) is 5.00. The van der Waals surface area contributed by atoms with Gasteiger partial charge in [-0.2, -0.15) is 5.54 Å². The number of nitrogens with one attached hydrogen (secondary N) is 2. The minimum Gasteiger partial charge on any atom is -0.315 e. The van der Waals surface area contributed by atoms with Gasteiger partial charge < -0.3 is 5.32 Å². The third kappa shape index (κ3) is 1.11. The maximum absolute atomic E-state index is 11.4. The fourth-order valence-electron chi connectivity index (χ4n) is 0.748. The molecule has 1 unspecified atom stereocenters. The van der Waals surface area contributed by atoms with Crippen LogP contribution in [0.1, 0.15) is 6.42 Å². The first-order valence-corrected chi connectivity index (χ1v) is 2.50. The Bertz CT molecular complexity index is 51.7. The molecule has 0 saturated carbocycles. The molecule has 1 saturated heterocycles. The lowest BCUT2D eigenvalue weighted by Gasteiger charge is -1.97. The topological polar surface area (TPSA) is 24.1 Å². The van der Waals surface area contributed by atoms with Gasteiger partial charge in [0.15, 0.2) is 0 Å². The summed E-state index contributed by atoms with van der Waals surface area (Å²) in [5.41, 5.74) is 1.70. The molecule has 1 aliphatic heterocycles. The van der Waals surface area contributed by atoms with E-state index in [0.29, 0.717) is 0 Å². The highest BCUT2D eigenvalue weighted by molar-refractivity contribution is 4.73. The Morgan fingerprint density at radius 2 is 2.57 bits per heavy atom. The monoisotopic (exact) mass is 104 g/mol. The van der Waals surface area contributed by atoms with E-state index >= 15 is 0 Å². The van der Waals surface area contributed by atoms with Crippen molar-refractivity contribution >= 4 is 0 Å². The first-order chi connectivity index (χ1) is 3.43. The third-order valence-electron chi connectivity index (χ3n) is 1.21. The van der Waals surface area contributed by atoms with Crippen molar-refractivity contribution < 1.29 is 4.48 Å². The lowest BCUT2D eigenvalue weighted by molar-refractivity contribution is 0.281. The molecule has 2 N–H and O–H groups in total. The highest BCUT2D eigenvalue weighted by Gasteiger charge is 2.11. The van der Waals surface area contributed by atoms with Crippen LogP contribution in [0.25, 0.3) is 0 Å². The van der Waals surface area contributed by atoms with E-state index in [2.05, 4.69) is 5.32 Å². The smallest absolute Gasteiger partial charge is 0.0508 e. The van der Waals surface area contributed by atoms with Crippen LogP contribution in [-0.2, 0) is 0 Å². The van der Waals surface area contributed by atoms with Crippen LogP contribution in [0.4, 0.5) is 4.48 Å². The maximum atomic E-state index is 11.4. The lowest BCUT2D eigenvalue weighted by Crippen LogP contribution is -2.23. The van der Waals surface area contributed by atoms with E-state index < -0.39 is 0 Å². The Labute approximate surface area is 42.0 Å². The number of rotatable bonds is 1. The van der Waals surface area contributed by atoms with Crippen molar-refractivity contribution in [2.45, 2.75) is 12.5 Å². The van der Waals surface area contributed by atoms with Crippen molar-refractivity contribution in [1.29, 1.82) is 0 Å². The summed E-state index contributed by atoms with van der Waals surface area (Å²) in [6.07, 6.45) is 0.913. The van der Waals surface area contributed by atoms with Crippen LogP contribution in [0.3, 0.4) is 0 Å². The Morgan fingerprint density at radius 1 is 1.71 bits per heavy atom. The highest BCUT2D eigenvalue weighted by Crippen LogP contribution is 1.94. The molecule has 0 aromatic carbocycles. The van der Waals surface area contributed by atoms with Crippen LogP contribution in [0, 0.1) is 0 Å². The second kappa shape index (κ2) is 2.23. The number of halogens is 1. The number of hydrogen-bond donors (Lipinski definition) is 2. The Hall–Kier alpha value is -0.150. The summed E-state index contributed by atoms with van der Waals surface area (Å²) in [7, 11) is 0. The van der Waals surface area contributed by atoms with E-state index in [-0.39, 0.29) is 6.04 Å². The molecule has 0 aliphatic carbocycles. The summed E-state index contributed by atoms with van der Waals surface area (Å²) in [5.74, 6) is 0. The molecule has 1 aliphatic rings. The summed E-state index contributed by atoms with van der Waals surface area (Å²) >= 11 is 0. The second-order valence-electron chi connectivity index (χ2n) is 1.80. The highest BCUT2D eigenvalue weighted by atomic mass is 19.2. The van der Waals surface area contributed by atoms with Crippen molar-refractivity contribution in [2.75, 3.05) is 13.1 Å². The van der Waals surface area contributed by atoms with Gasteiger partial charge >= 0.3 is 0 Å². The van der Waals surface area contributed by atoms with Crippen molar-refractivity contribution in [3.05, 3.63) is 0 Å². The molecular weight excluding hydrogens is 95.1 g/mol. The van der Waals surface area contributed by atoms with Crippen molar-refractivity contribution in [2.24, 2.45) is 0 Å². The van der Waals surface area contributed by atoms with Crippen LogP contribution in [0.5, 0.6) is 0 Å². The molecule has 0 spiro atoms. The van der Waals surface area contributed by atoms with Gasteiger partial charge in [0, 0.05) is 6.54 Å². The quantitative estimate of drug-likeness (QED) is 0.451. The van der Waals surface area contributed by atoms with Crippen LogP contribution in [0.15, 0.2) is 0 Å². The molecule has 0 aromatic rings. The molecule has 1 heterocycles. The summed E-state index contributed by atoms with van der Waals surface area (Å²) in [6, 6.07) is 0.0694. The van der Waals surface area contributed by atoms with Gasteiger partial charge in [-0.05, 0) is 13.0 Å². The van der Waals surface area contributed by atoms with Gasteiger partial charge in [0.25, 0.3) is 0 Å². The number of hydrogen-bond acceptors (Lipinski definition) is 2. The molecule has 2 nitrogen and oxygen atoms in total. The normalized spacial score (nSPS) is 31.3. The molecular formula is C4H9FN2. The maximum Gasteiger partial charge on any atom is 0.0508 e. The van der Waals surface area contributed by atoms with E-state index in [9.17, 15) is 4.48 Å². The van der Waals surface area contributed by atoms with Gasteiger partial charge in [0.2, 0.25) is 0 Å². The Balaban J connectivity index is 2.14. The van der Waals surface area contributed by atoms with Crippen LogP contribution < -0.4 is 10.9 Å². The summed E-state index contributed by atoms with van der Waals surface area (Å²) in [4.78, 5) is 0. The van der Waals surface area contributed by atoms with Crippen LogP contribution >= 0.6 is 0 Å². The van der Waals surface area contributed by atoms with E-state index in [1.807, 2.05) is 0 Å². The average Bonchev–Trinajstić information content (AvgIpc) is 2.14. The zero-order chi connectivity index (χ0) is 5.11. The molecule has 1 rings (SSSR count). The predicted molar refractivity (Wildman–Crippen MR) is 25.5 cm³/mol. The average molecular weight is 104 g/mol. The Kier molecular flexibility index (Phi) is 1.59. The van der Waals surface area contributed by atoms with E-state index in [1.54, 1.807) is 5.54 Å². The zero-order valence-electron chi connectivity index (χ0n) is 4.08. The molecule has 42 valence electrons. The van der Waals surface area contributed by atoms with Gasteiger partial charge in [-0.25, -0.2) is 0 Å². The molecule has 3 heteroatoms. The van der Waals surface area contributed by atoms with E-state index in [4.69, 9.17) is 0 Å². The molecule has 0 radical (unpaired) electrons. The molecule has 1 fully saturated rings. The largest absolute Gasteiger partial charge is 0.315 e. The van der Waals surface area contributed by atoms with Crippen molar-refractivity contribution in [3.8, 4) is 0 Å².